The number of benzene rings is 1. The van der Waals surface area contributed by atoms with Gasteiger partial charge in [-0.05, 0) is 25.5 Å². The number of aromatic nitrogens is 1. The Morgan fingerprint density at radius 1 is 1.40 bits per heavy atom. The predicted octanol–water partition coefficient (Wildman–Crippen LogP) is 1.87. The van der Waals surface area contributed by atoms with Crippen molar-refractivity contribution in [2.45, 2.75) is 18.2 Å². The minimum Gasteiger partial charge on any atom is -0.295 e. The molecule has 0 unspecified atom stereocenters. The van der Waals surface area contributed by atoms with Crippen LogP contribution in [0.25, 0.3) is 0 Å². The third kappa shape index (κ3) is 3.72. The average molecular weight is 310 g/mol. The summed E-state index contributed by atoms with van der Waals surface area (Å²) in [6, 6.07) is 6.02. The second-order valence-corrected chi connectivity index (χ2v) is 6.94. The van der Waals surface area contributed by atoms with E-state index in [1.807, 2.05) is 0 Å². The molecule has 2 aromatic rings. The molecule has 5 nitrogen and oxygen atoms in total. The third-order valence-electron chi connectivity index (χ3n) is 2.70. The van der Waals surface area contributed by atoms with Gasteiger partial charge in [-0.25, -0.2) is 13.1 Å². The first kappa shape index (κ1) is 14.8. The highest BCUT2D eigenvalue weighted by Gasteiger charge is 2.14. The van der Waals surface area contributed by atoms with Crippen molar-refractivity contribution in [2.24, 2.45) is 0 Å². The van der Waals surface area contributed by atoms with E-state index >= 15 is 0 Å². The molecule has 1 aromatic heterocycles. The van der Waals surface area contributed by atoms with E-state index in [0.29, 0.717) is 18.5 Å². The normalized spacial score (nSPS) is 11.4. The Bertz CT molecular complexity index is 694. The maximum absolute atomic E-state index is 12.1. The first-order valence-corrected chi connectivity index (χ1v) is 8.33. The zero-order chi connectivity index (χ0) is 14.6. The van der Waals surface area contributed by atoms with Gasteiger partial charge in [0.05, 0.1) is 10.4 Å². The zero-order valence-corrected chi connectivity index (χ0v) is 12.5. The maximum atomic E-state index is 12.1. The van der Waals surface area contributed by atoms with Crippen molar-refractivity contribution < 1.29 is 13.2 Å². The fourth-order valence-electron chi connectivity index (χ4n) is 1.64. The predicted molar refractivity (Wildman–Crippen MR) is 77.5 cm³/mol. The number of hydrogen-bond acceptors (Lipinski definition) is 5. The van der Waals surface area contributed by atoms with Gasteiger partial charge in [-0.15, -0.1) is 11.3 Å². The molecule has 106 valence electrons. The van der Waals surface area contributed by atoms with Crippen LogP contribution in [0.2, 0.25) is 0 Å². The SMILES string of the molecule is CC(=O)c1cccc(S(=O)(=O)NCCc2cncs2)c1. The number of thiazole rings is 1. The van der Waals surface area contributed by atoms with Crippen LogP contribution in [0.4, 0.5) is 0 Å². The molecule has 0 bridgehead atoms. The molecule has 20 heavy (non-hydrogen) atoms. The van der Waals surface area contributed by atoms with Crippen LogP contribution in [0.15, 0.2) is 40.9 Å². The summed E-state index contributed by atoms with van der Waals surface area (Å²) < 4.78 is 26.7. The highest BCUT2D eigenvalue weighted by molar-refractivity contribution is 7.89. The Labute approximate surface area is 121 Å². The molecule has 0 aliphatic heterocycles. The van der Waals surface area contributed by atoms with Gasteiger partial charge >= 0.3 is 0 Å². The smallest absolute Gasteiger partial charge is 0.240 e. The number of carbonyl (C=O) groups excluding carboxylic acids is 1. The van der Waals surface area contributed by atoms with Gasteiger partial charge < -0.3 is 0 Å². The quantitative estimate of drug-likeness (QED) is 0.826. The molecular formula is C13H14N2O3S2. The Balaban J connectivity index is 2.06. The average Bonchev–Trinajstić information content (AvgIpc) is 2.92. The van der Waals surface area contributed by atoms with E-state index in [2.05, 4.69) is 9.71 Å². The summed E-state index contributed by atoms with van der Waals surface area (Å²) in [6.45, 7) is 1.71. The van der Waals surface area contributed by atoms with Crippen LogP contribution in [0.3, 0.4) is 0 Å². The summed E-state index contributed by atoms with van der Waals surface area (Å²) >= 11 is 1.49. The number of Topliss-reactive ketones (excluding diaryl/α,β-unsaturated/α-hetero) is 1. The number of nitrogens with zero attached hydrogens (tertiary/aromatic N) is 1. The van der Waals surface area contributed by atoms with E-state index in [4.69, 9.17) is 0 Å². The van der Waals surface area contributed by atoms with Gasteiger partial charge in [0.1, 0.15) is 0 Å². The Kier molecular flexibility index (Phi) is 4.64. The van der Waals surface area contributed by atoms with Crippen LogP contribution in [0.5, 0.6) is 0 Å². The highest BCUT2D eigenvalue weighted by Crippen LogP contribution is 2.12. The number of hydrogen-bond donors (Lipinski definition) is 1. The van der Waals surface area contributed by atoms with E-state index in [9.17, 15) is 13.2 Å². The fourth-order valence-corrected chi connectivity index (χ4v) is 3.32. The van der Waals surface area contributed by atoms with E-state index in [0.717, 1.165) is 4.88 Å². The number of nitrogens with one attached hydrogen (secondary N) is 1. The Hall–Kier alpha value is -1.57. The Morgan fingerprint density at radius 2 is 2.20 bits per heavy atom. The second kappa shape index (κ2) is 6.25. The van der Waals surface area contributed by atoms with Crippen molar-refractivity contribution in [3.63, 3.8) is 0 Å². The van der Waals surface area contributed by atoms with Gasteiger partial charge in [0.2, 0.25) is 10.0 Å². The molecule has 7 heteroatoms. The van der Waals surface area contributed by atoms with Crippen molar-refractivity contribution >= 4 is 27.1 Å². The highest BCUT2D eigenvalue weighted by atomic mass is 32.2. The number of carbonyl (C=O) groups is 1. The van der Waals surface area contributed by atoms with Crippen molar-refractivity contribution in [1.29, 1.82) is 0 Å². The molecule has 1 aromatic carbocycles. The van der Waals surface area contributed by atoms with Crippen LogP contribution in [0, 0.1) is 0 Å². The minimum atomic E-state index is -3.59. The monoisotopic (exact) mass is 310 g/mol. The van der Waals surface area contributed by atoms with E-state index < -0.39 is 10.0 Å². The molecule has 0 spiro atoms. The molecule has 0 saturated carbocycles. The first-order chi connectivity index (χ1) is 9.49. The molecule has 0 amide bonds. The van der Waals surface area contributed by atoms with E-state index in [1.165, 1.54) is 30.4 Å². The van der Waals surface area contributed by atoms with Gasteiger partial charge in [0.15, 0.2) is 5.78 Å². The summed E-state index contributed by atoms with van der Waals surface area (Å²) in [5, 5.41) is 0. The molecule has 0 aliphatic rings. The van der Waals surface area contributed by atoms with Crippen LogP contribution in [-0.2, 0) is 16.4 Å². The number of ketones is 1. The molecule has 2 rings (SSSR count). The van der Waals surface area contributed by atoms with Gasteiger partial charge in [-0.2, -0.15) is 0 Å². The Morgan fingerprint density at radius 3 is 2.85 bits per heavy atom. The van der Waals surface area contributed by atoms with Crippen LogP contribution in [0.1, 0.15) is 22.2 Å². The fraction of sp³-hybridized carbons (Fsp3) is 0.231. The lowest BCUT2D eigenvalue weighted by molar-refractivity contribution is 0.101. The minimum absolute atomic E-state index is 0.106. The summed E-state index contributed by atoms with van der Waals surface area (Å²) in [7, 11) is -3.59. The van der Waals surface area contributed by atoms with Gasteiger partial charge in [0.25, 0.3) is 0 Å². The largest absolute Gasteiger partial charge is 0.295 e. The molecule has 1 N–H and O–H groups in total. The van der Waals surface area contributed by atoms with Crippen LogP contribution < -0.4 is 4.72 Å². The summed E-state index contributed by atoms with van der Waals surface area (Å²) in [6.07, 6.45) is 2.31. The maximum Gasteiger partial charge on any atom is 0.240 e. The number of sulfonamides is 1. The lowest BCUT2D eigenvalue weighted by Crippen LogP contribution is -2.26. The standard InChI is InChI=1S/C13H14N2O3S2/c1-10(16)11-3-2-4-13(7-11)20(17,18)15-6-5-12-8-14-9-19-12/h2-4,7-9,15H,5-6H2,1H3. The topological polar surface area (TPSA) is 76.1 Å². The molecule has 0 saturated heterocycles. The van der Waals surface area contributed by atoms with Crippen molar-refractivity contribution in [1.82, 2.24) is 9.71 Å². The summed E-state index contributed by atoms with van der Waals surface area (Å²) in [5.41, 5.74) is 2.09. The molecule has 0 aliphatic carbocycles. The summed E-state index contributed by atoms with van der Waals surface area (Å²) in [5.74, 6) is -0.160. The lowest BCUT2D eigenvalue weighted by Gasteiger charge is -2.07. The van der Waals surface area contributed by atoms with Crippen molar-refractivity contribution in [3.8, 4) is 0 Å². The molecule has 1 heterocycles. The van der Waals surface area contributed by atoms with Crippen molar-refractivity contribution in [2.75, 3.05) is 6.54 Å². The van der Waals surface area contributed by atoms with E-state index in [1.54, 1.807) is 23.8 Å². The van der Waals surface area contributed by atoms with Gasteiger partial charge in [-0.1, -0.05) is 12.1 Å². The van der Waals surface area contributed by atoms with Crippen LogP contribution >= 0.6 is 11.3 Å². The number of rotatable bonds is 6. The van der Waals surface area contributed by atoms with Gasteiger partial charge in [-0.3, -0.25) is 9.78 Å². The molecule has 0 atom stereocenters. The van der Waals surface area contributed by atoms with Crippen LogP contribution in [-0.4, -0.2) is 25.7 Å². The molecule has 0 fully saturated rings. The molecule has 0 radical (unpaired) electrons. The zero-order valence-electron chi connectivity index (χ0n) is 10.9. The van der Waals surface area contributed by atoms with Crippen molar-refractivity contribution in [3.05, 3.63) is 46.4 Å². The second-order valence-electron chi connectivity index (χ2n) is 4.20. The first-order valence-electron chi connectivity index (χ1n) is 5.97. The summed E-state index contributed by atoms with van der Waals surface area (Å²) in [4.78, 5) is 16.3. The third-order valence-corrected chi connectivity index (χ3v) is 5.00. The van der Waals surface area contributed by atoms with E-state index in [-0.39, 0.29) is 10.7 Å². The van der Waals surface area contributed by atoms with Gasteiger partial charge in [0, 0.05) is 23.2 Å². The lowest BCUT2D eigenvalue weighted by atomic mass is 10.2. The molecular weight excluding hydrogens is 296 g/mol.